The van der Waals surface area contributed by atoms with Gasteiger partial charge in [-0.2, -0.15) is 0 Å². The van der Waals surface area contributed by atoms with Gasteiger partial charge in [-0.25, -0.2) is 0 Å². The van der Waals surface area contributed by atoms with Crippen molar-refractivity contribution in [2.75, 3.05) is 12.9 Å². The molecule has 3 heteroatoms. The highest BCUT2D eigenvalue weighted by Gasteiger charge is 2.03. The third-order valence-corrected chi connectivity index (χ3v) is 2.73. The predicted octanol–water partition coefficient (Wildman–Crippen LogP) is 1.79. The second-order valence-electron chi connectivity index (χ2n) is 2.89. The Hall–Kier alpha value is -0.510. The number of aliphatic hydroxyl groups is 1. The molecule has 0 aromatic heterocycles. The minimum Gasteiger partial charge on any atom is -0.396 e. The van der Waals surface area contributed by atoms with Gasteiger partial charge in [0.05, 0.1) is 0 Å². The standard InChI is InChI=1S/C10H15NOS/c1-13-9-4-2-8(3-5-9)10(11)6-7-12/h2-5,10,12H,6-7,11H2,1H3. The zero-order chi connectivity index (χ0) is 9.68. The van der Waals surface area contributed by atoms with E-state index >= 15 is 0 Å². The van der Waals surface area contributed by atoms with E-state index in [2.05, 4.69) is 12.1 Å². The summed E-state index contributed by atoms with van der Waals surface area (Å²) in [5.41, 5.74) is 6.92. The van der Waals surface area contributed by atoms with Crippen LogP contribution in [0.25, 0.3) is 0 Å². The van der Waals surface area contributed by atoms with Crippen LogP contribution in [0.3, 0.4) is 0 Å². The smallest absolute Gasteiger partial charge is 0.0449 e. The van der Waals surface area contributed by atoms with Crippen LogP contribution < -0.4 is 5.73 Å². The van der Waals surface area contributed by atoms with Crippen molar-refractivity contribution in [3.05, 3.63) is 29.8 Å². The van der Waals surface area contributed by atoms with Gasteiger partial charge in [0, 0.05) is 17.5 Å². The Morgan fingerprint density at radius 1 is 1.38 bits per heavy atom. The first kappa shape index (κ1) is 10.6. The number of nitrogens with two attached hydrogens (primary N) is 1. The van der Waals surface area contributed by atoms with Crippen molar-refractivity contribution >= 4 is 11.8 Å². The van der Waals surface area contributed by atoms with Gasteiger partial charge in [-0.15, -0.1) is 11.8 Å². The molecule has 0 bridgehead atoms. The fraction of sp³-hybridized carbons (Fsp3) is 0.400. The molecule has 1 unspecified atom stereocenters. The molecule has 1 aromatic carbocycles. The Morgan fingerprint density at radius 3 is 2.46 bits per heavy atom. The van der Waals surface area contributed by atoms with Gasteiger partial charge < -0.3 is 10.8 Å². The molecule has 0 amide bonds. The highest BCUT2D eigenvalue weighted by molar-refractivity contribution is 7.98. The van der Waals surface area contributed by atoms with E-state index in [0.29, 0.717) is 6.42 Å². The van der Waals surface area contributed by atoms with Crippen LogP contribution in [0.5, 0.6) is 0 Å². The lowest BCUT2D eigenvalue weighted by Crippen LogP contribution is -2.11. The molecule has 0 heterocycles. The highest BCUT2D eigenvalue weighted by Crippen LogP contribution is 2.19. The first-order valence-corrected chi connectivity index (χ1v) is 5.50. The largest absolute Gasteiger partial charge is 0.396 e. The molecular weight excluding hydrogens is 182 g/mol. The average Bonchev–Trinajstić information content (AvgIpc) is 2.18. The SMILES string of the molecule is CSc1ccc(C(N)CCO)cc1. The lowest BCUT2D eigenvalue weighted by atomic mass is 10.1. The Labute approximate surface area is 83.1 Å². The summed E-state index contributed by atoms with van der Waals surface area (Å²) in [4.78, 5) is 1.24. The summed E-state index contributed by atoms with van der Waals surface area (Å²) in [6.45, 7) is 0.144. The minimum absolute atomic E-state index is 0.0408. The van der Waals surface area contributed by atoms with E-state index < -0.39 is 0 Å². The van der Waals surface area contributed by atoms with E-state index in [4.69, 9.17) is 10.8 Å². The second-order valence-corrected chi connectivity index (χ2v) is 3.77. The maximum Gasteiger partial charge on any atom is 0.0449 e. The first-order chi connectivity index (χ1) is 6.27. The number of benzene rings is 1. The van der Waals surface area contributed by atoms with E-state index in [-0.39, 0.29) is 12.6 Å². The minimum atomic E-state index is -0.0408. The van der Waals surface area contributed by atoms with Gasteiger partial charge in [0.15, 0.2) is 0 Å². The third kappa shape index (κ3) is 3.03. The summed E-state index contributed by atoms with van der Waals surface area (Å²) in [5.74, 6) is 0. The second kappa shape index (κ2) is 5.27. The normalized spacial score (nSPS) is 12.8. The highest BCUT2D eigenvalue weighted by atomic mass is 32.2. The maximum atomic E-state index is 8.71. The average molecular weight is 197 g/mol. The van der Waals surface area contributed by atoms with Gasteiger partial charge in [0.2, 0.25) is 0 Å². The van der Waals surface area contributed by atoms with Crippen molar-refractivity contribution < 1.29 is 5.11 Å². The molecule has 13 heavy (non-hydrogen) atoms. The van der Waals surface area contributed by atoms with E-state index in [1.54, 1.807) is 11.8 Å². The predicted molar refractivity (Wildman–Crippen MR) is 56.9 cm³/mol. The molecule has 3 N–H and O–H groups in total. The van der Waals surface area contributed by atoms with E-state index in [9.17, 15) is 0 Å². The van der Waals surface area contributed by atoms with Crippen molar-refractivity contribution in [3.8, 4) is 0 Å². The molecule has 0 aliphatic carbocycles. The summed E-state index contributed by atoms with van der Waals surface area (Å²) in [5, 5.41) is 8.71. The van der Waals surface area contributed by atoms with Crippen LogP contribution >= 0.6 is 11.8 Å². The van der Waals surface area contributed by atoms with Crippen LogP contribution in [0, 0.1) is 0 Å². The van der Waals surface area contributed by atoms with Gasteiger partial charge in [-0.3, -0.25) is 0 Å². The van der Waals surface area contributed by atoms with Crippen LogP contribution in [0.2, 0.25) is 0 Å². The zero-order valence-corrected chi connectivity index (χ0v) is 8.55. The molecule has 72 valence electrons. The summed E-state index contributed by atoms with van der Waals surface area (Å²) in [6, 6.07) is 8.10. The van der Waals surface area contributed by atoms with Gasteiger partial charge >= 0.3 is 0 Å². The molecule has 1 aromatic rings. The lowest BCUT2D eigenvalue weighted by Gasteiger charge is -2.10. The van der Waals surface area contributed by atoms with Gasteiger partial charge in [0.1, 0.15) is 0 Å². The molecule has 2 nitrogen and oxygen atoms in total. The number of aliphatic hydroxyl groups excluding tert-OH is 1. The maximum absolute atomic E-state index is 8.71. The molecule has 0 saturated carbocycles. The number of hydrogen-bond donors (Lipinski definition) is 2. The quantitative estimate of drug-likeness (QED) is 0.723. The first-order valence-electron chi connectivity index (χ1n) is 4.28. The molecule has 1 atom stereocenters. The Bertz CT molecular complexity index is 248. The van der Waals surface area contributed by atoms with E-state index in [0.717, 1.165) is 5.56 Å². The molecule has 0 aliphatic heterocycles. The van der Waals surface area contributed by atoms with Crippen molar-refractivity contribution in [2.24, 2.45) is 5.73 Å². The monoisotopic (exact) mass is 197 g/mol. The number of rotatable bonds is 4. The van der Waals surface area contributed by atoms with Gasteiger partial charge in [-0.1, -0.05) is 12.1 Å². The van der Waals surface area contributed by atoms with Crippen LogP contribution in [0.15, 0.2) is 29.2 Å². The van der Waals surface area contributed by atoms with Crippen LogP contribution in [0.1, 0.15) is 18.0 Å². The molecular formula is C10H15NOS. The van der Waals surface area contributed by atoms with Crippen LogP contribution in [0.4, 0.5) is 0 Å². The fourth-order valence-electron chi connectivity index (χ4n) is 1.16. The summed E-state index contributed by atoms with van der Waals surface area (Å²) in [7, 11) is 0. The summed E-state index contributed by atoms with van der Waals surface area (Å²) < 4.78 is 0. The van der Waals surface area contributed by atoms with Crippen molar-refractivity contribution in [2.45, 2.75) is 17.4 Å². The molecule has 1 rings (SSSR count). The molecule has 0 aliphatic rings. The Morgan fingerprint density at radius 2 is 2.00 bits per heavy atom. The summed E-state index contributed by atoms with van der Waals surface area (Å²) >= 11 is 1.71. The lowest BCUT2D eigenvalue weighted by molar-refractivity contribution is 0.276. The zero-order valence-electron chi connectivity index (χ0n) is 7.73. The van der Waals surface area contributed by atoms with Crippen LogP contribution in [-0.4, -0.2) is 18.0 Å². The van der Waals surface area contributed by atoms with Crippen molar-refractivity contribution in [1.29, 1.82) is 0 Å². The fourth-order valence-corrected chi connectivity index (χ4v) is 1.57. The van der Waals surface area contributed by atoms with Crippen molar-refractivity contribution in [1.82, 2.24) is 0 Å². The van der Waals surface area contributed by atoms with Crippen molar-refractivity contribution in [3.63, 3.8) is 0 Å². The summed E-state index contributed by atoms with van der Waals surface area (Å²) in [6.07, 6.45) is 2.67. The topological polar surface area (TPSA) is 46.2 Å². The van der Waals surface area contributed by atoms with E-state index in [1.165, 1.54) is 4.90 Å². The Kier molecular flexibility index (Phi) is 4.28. The van der Waals surface area contributed by atoms with Crippen LogP contribution in [-0.2, 0) is 0 Å². The van der Waals surface area contributed by atoms with E-state index in [1.807, 2.05) is 18.4 Å². The van der Waals surface area contributed by atoms with Gasteiger partial charge in [-0.05, 0) is 30.4 Å². The van der Waals surface area contributed by atoms with Gasteiger partial charge in [0.25, 0.3) is 0 Å². The number of thioether (sulfide) groups is 1. The molecule has 0 fully saturated rings. The Balaban J connectivity index is 2.67. The number of hydrogen-bond acceptors (Lipinski definition) is 3. The third-order valence-electron chi connectivity index (χ3n) is 1.98. The molecule has 0 radical (unpaired) electrons. The molecule has 0 spiro atoms. The molecule has 0 saturated heterocycles.